The molecule has 0 N–H and O–H groups in total. The second-order valence-electron chi connectivity index (χ2n) is 7.35. The van der Waals surface area contributed by atoms with Crippen LogP contribution in [-0.2, 0) is 19.4 Å². The number of rotatable bonds is 5. The Kier molecular flexibility index (Phi) is 6.32. The Hall–Kier alpha value is -2.03. The molecule has 1 amide bonds. The van der Waals surface area contributed by atoms with E-state index in [0.717, 1.165) is 44.2 Å². The number of benzene rings is 1. The third-order valence-corrected chi connectivity index (χ3v) is 7.09. The molecule has 1 aromatic carbocycles. The maximum atomic E-state index is 13.7. The largest absolute Gasteiger partial charge is 0.452 e. The maximum Gasteiger partial charge on any atom is 0.341 e. The number of sulfone groups is 1. The van der Waals surface area contributed by atoms with Gasteiger partial charge in [0, 0.05) is 18.2 Å². The minimum Gasteiger partial charge on any atom is -0.452 e. The fraction of sp³-hybridized carbons (Fsp3) is 0.579. The minimum absolute atomic E-state index is 0.0365. The molecule has 0 aromatic heterocycles. The zero-order valence-corrected chi connectivity index (χ0v) is 16.2. The number of esters is 1. The third kappa shape index (κ3) is 4.87. The van der Waals surface area contributed by atoms with Gasteiger partial charge in [0.15, 0.2) is 16.4 Å². The highest BCUT2D eigenvalue weighted by molar-refractivity contribution is 7.91. The molecule has 1 aliphatic carbocycles. The van der Waals surface area contributed by atoms with Crippen molar-refractivity contribution >= 4 is 21.7 Å². The van der Waals surface area contributed by atoms with E-state index in [0.29, 0.717) is 12.5 Å². The lowest BCUT2D eigenvalue weighted by Crippen LogP contribution is -2.50. The van der Waals surface area contributed by atoms with Crippen LogP contribution in [-0.4, -0.2) is 55.4 Å². The van der Waals surface area contributed by atoms with Crippen LogP contribution < -0.4 is 0 Å². The zero-order chi connectivity index (χ0) is 20.3. The van der Waals surface area contributed by atoms with E-state index < -0.39 is 51.6 Å². The number of hydrogen-bond donors (Lipinski definition) is 0. The van der Waals surface area contributed by atoms with E-state index in [2.05, 4.69) is 0 Å². The predicted octanol–water partition coefficient (Wildman–Crippen LogP) is 2.47. The van der Waals surface area contributed by atoms with Gasteiger partial charge in [-0.05, 0) is 31.4 Å². The van der Waals surface area contributed by atoms with Crippen LogP contribution in [0.15, 0.2) is 18.2 Å². The first-order valence-electron chi connectivity index (χ1n) is 9.40. The molecule has 6 nitrogen and oxygen atoms in total. The van der Waals surface area contributed by atoms with Gasteiger partial charge in [0.05, 0.1) is 17.1 Å². The van der Waals surface area contributed by atoms with E-state index in [1.165, 1.54) is 0 Å². The fourth-order valence-electron chi connectivity index (χ4n) is 3.99. The van der Waals surface area contributed by atoms with Crippen LogP contribution in [0.4, 0.5) is 8.78 Å². The number of nitrogens with zero attached hydrogens (tertiary/aromatic N) is 1. The highest BCUT2D eigenvalue weighted by Crippen LogP contribution is 2.28. The summed E-state index contributed by atoms with van der Waals surface area (Å²) in [5.74, 6) is -3.48. The number of halogens is 2. The molecule has 1 aliphatic heterocycles. The van der Waals surface area contributed by atoms with Crippen LogP contribution in [0.2, 0.25) is 0 Å². The second-order valence-corrected chi connectivity index (χ2v) is 9.58. The van der Waals surface area contributed by atoms with Crippen LogP contribution in [0.1, 0.15) is 48.9 Å². The van der Waals surface area contributed by atoms with Gasteiger partial charge in [-0.25, -0.2) is 22.0 Å². The third-order valence-electron chi connectivity index (χ3n) is 5.34. The van der Waals surface area contributed by atoms with E-state index in [4.69, 9.17) is 4.74 Å². The van der Waals surface area contributed by atoms with Crippen LogP contribution in [0.3, 0.4) is 0 Å². The molecule has 2 aliphatic rings. The van der Waals surface area contributed by atoms with E-state index in [-0.39, 0.29) is 17.5 Å². The Morgan fingerprint density at radius 3 is 2.39 bits per heavy atom. The Morgan fingerprint density at radius 1 is 1.07 bits per heavy atom. The average Bonchev–Trinajstić information content (AvgIpc) is 3.00. The smallest absolute Gasteiger partial charge is 0.341 e. The molecular weight excluding hydrogens is 392 g/mol. The fourth-order valence-corrected chi connectivity index (χ4v) is 5.71. The summed E-state index contributed by atoms with van der Waals surface area (Å²) < 4.78 is 55.4. The summed E-state index contributed by atoms with van der Waals surface area (Å²) >= 11 is 0. The molecule has 1 saturated heterocycles. The highest BCUT2D eigenvalue weighted by atomic mass is 32.2. The topological polar surface area (TPSA) is 80.8 Å². The molecule has 154 valence electrons. The van der Waals surface area contributed by atoms with Gasteiger partial charge in [0.2, 0.25) is 0 Å². The number of hydrogen-bond acceptors (Lipinski definition) is 5. The van der Waals surface area contributed by atoms with E-state index in [9.17, 15) is 26.8 Å². The maximum absolute atomic E-state index is 13.7. The first-order chi connectivity index (χ1) is 13.3. The van der Waals surface area contributed by atoms with E-state index in [1.807, 2.05) is 0 Å². The predicted molar refractivity (Wildman–Crippen MR) is 97.4 cm³/mol. The molecule has 0 radical (unpaired) electrons. The van der Waals surface area contributed by atoms with Gasteiger partial charge < -0.3 is 9.64 Å². The second kappa shape index (κ2) is 8.55. The van der Waals surface area contributed by atoms with Crippen molar-refractivity contribution in [1.29, 1.82) is 0 Å². The Labute approximate surface area is 162 Å². The molecule has 28 heavy (non-hydrogen) atoms. The SMILES string of the molecule is O=C(OCC(=O)N(C1CCCCC1)C1CCS(=O)(=O)C1)c1ccc(F)cc1F. The minimum atomic E-state index is -3.18. The van der Waals surface area contributed by atoms with Crippen molar-refractivity contribution in [2.24, 2.45) is 0 Å². The standard InChI is InChI=1S/C19H23F2NO5S/c20-13-6-7-16(17(21)10-13)19(24)27-11-18(23)22(14-4-2-1-3-5-14)15-8-9-28(25,26)12-15/h6-7,10,14-15H,1-5,8-9,11-12H2. The molecule has 1 heterocycles. The summed E-state index contributed by atoms with van der Waals surface area (Å²) in [5.41, 5.74) is -0.457. The zero-order valence-electron chi connectivity index (χ0n) is 15.4. The molecule has 0 spiro atoms. The monoisotopic (exact) mass is 415 g/mol. The number of ether oxygens (including phenoxy) is 1. The quantitative estimate of drug-likeness (QED) is 0.690. The number of carbonyl (C=O) groups is 2. The highest BCUT2D eigenvalue weighted by Gasteiger charge is 2.38. The van der Waals surface area contributed by atoms with Gasteiger partial charge in [-0.2, -0.15) is 0 Å². The Morgan fingerprint density at radius 2 is 1.79 bits per heavy atom. The van der Waals surface area contributed by atoms with Crippen molar-refractivity contribution in [2.45, 2.75) is 50.6 Å². The van der Waals surface area contributed by atoms with Gasteiger partial charge in [0.25, 0.3) is 5.91 Å². The van der Waals surface area contributed by atoms with Gasteiger partial charge in [-0.15, -0.1) is 0 Å². The molecule has 9 heteroatoms. The van der Waals surface area contributed by atoms with Crippen molar-refractivity contribution < 1.29 is 31.5 Å². The average molecular weight is 415 g/mol. The van der Waals surface area contributed by atoms with Crippen molar-refractivity contribution in [2.75, 3.05) is 18.1 Å². The molecule has 1 saturated carbocycles. The summed E-state index contributed by atoms with van der Waals surface area (Å²) in [6.07, 6.45) is 4.90. The molecule has 1 unspecified atom stereocenters. The van der Waals surface area contributed by atoms with Gasteiger partial charge in [-0.1, -0.05) is 19.3 Å². The Bertz CT molecular complexity index is 852. The molecule has 3 rings (SSSR count). The molecule has 1 atom stereocenters. The Balaban J connectivity index is 1.69. The lowest BCUT2D eigenvalue weighted by atomic mass is 9.93. The van der Waals surface area contributed by atoms with Crippen molar-refractivity contribution in [3.05, 3.63) is 35.4 Å². The number of carbonyl (C=O) groups excluding carboxylic acids is 2. The molecule has 0 bridgehead atoms. The van der Waals surface area contributed by atoms with Crippen molar-refractivity contribution in [3.63, 3.8) is 0 Å². The van der Waals surface area contributed by atoms with Crippen LogP contribution in [0, 0.1) is 11.6 Å². The molecule has 1 aromatic rings. The molecular formula is C19H23F2NO5S. The lowest BCUT2D eigenvalue weighted by molar-refractivity contribution is -0.140. The lowest BCUT2D eigenvalue weighted by Gasteiger charge is -2.38. The first-order valence-corrected chi connectivity index (χ1v) is 11.2. The normalized spacial score (nSPS) is 22.0. The summed E-state index contributed by atoms with van der Waals surface area (Å²) in [5, 5.41) is 0. The van der Waals surface area contributed by atoms with Gasteiger partial charge in [-0.3, -0.25) is 4.79 Å². The number of amides is 1. The van der Waals surface area contributed by atoms with E-state index in [1.54, 1.807) is 4.90 Å². The van der Waals surface area contributed by atoms with E-state index >= 15 is 0 Å². The van der Waals surface area contributed by atoms with Crippen molar-refractivity contribution in [3.8, 4) is 0 Å². The summed E-state index contributed by atoms with van der Waals surface area (Å²) in [6, 6.07) is 1.94. The first kappa shape index (κ1) is 20.7. The summed E-state index contributed by atoms with van der Waals surface area (Å²) in [6.45, 7) is -0.608. The van der Waals surface area contributed by atoms with Gasteiger partial charge >= 0.3 is 5.97 Å². The van der Waals surface area contributed by atoms with Gasteiger partial charge in [0.1, 0.15) is 11.6 Å². The summed E-state index contributed by atoms with van der Waals surface area (Å²) in [4.78, 5) is 26.4. The van der Waals surface area contributed by atoms with Crippen LogP contribution in [0.25, 0.3) is 0 Å². The van der Waals surface area contributed by atoms with Crippen molar-refractivity contribution in [1.82, 2.24) is 4.90 Å². The summed E-state index contributed by atoms with van der Waals surface area (Å²) in [7, 11) is -3.18. The van der Waals surface area contributed by atoms with Crippen LogP contribution in [0.5, 0.6) is 0 Å². The molecule has 2 fully saturated rings. The van der Waals surface area contributed by atoms with Crippen LogP contribution >= 0.6 is 0 Å².